The summed E-state index contributed by atoms with van der Waals surface area (Å²) in [6.07, 6.45) is 5.14. The summed E-state index contributed by atoms with van der Waals surface area (Å²) in [6.45, 7) is 12.6. The number of nitrogens with zero attached hydrogens (tertiary/aromatic N) is 1. The molecule has 0 bridgehead atoms. The van der Waals surface area contributed by atoms with Gasteiger partial charge in [-0.3, -0.25) is 0 Å². The molecular formula is C15H30N2O. The summed E-state index contributed by atoms with van der Waals surface area (Å²) in [4.78, 5) is 2.68. The zero-order valence-electron chi connectivity index (χ0n) is 12.4. The fraction of sp³-hybridized carbons (Fsp3) is 1.00. The van der Waals surface area contributed by atoms with Gasteiger partial charge >= 0.3 is 0 Å². The van der Waals surface area contributed by atoms with Gasteiger partial charge in [-0.2, -0.15) is 0 Å². The summed E-state index contributed by atoms with van der Waals surface area (Å²) in [5, 5.41) is 3.70. The fourth-order valence-corrected chi connectivity index (χ4v) is 3.37. The van der Waals surface area contributed by atoms with Crippen LogP contribution in [-0.4, -0.2) is 49.8 Å². The molecule has 3 nitrogen and oxygen atoms in total. The number of likely N-dealkylation sites (tertiary alicyclic amines) is 1. The Balaban J connectivity index is 1.81. The van der Waals surface area contributed by atoms with Crippen molar-refractivity contribution < 1.29 is 4.74 Å². The zero-order valence-corrected chi connectivity index (χ0v) is 12.4. The van der Waals surface area contributed by atoms with Gasteiger partial charge in [0, 0.05) is 38.4 Å². The van der Waals surface area contributed by atoms with Gasteiger partial charge in [0.1, 0.15) is 0 Å². The van der Waals surface area contributed by atoms with Crippen molar-refractivity contribution in [1.29, 1.82) is 0 Å². The van der Waals surface area contributed by atoms with Gasteiger partial charge in [-0.1, -0.05) is 20.8 Å². The van der Waals surface area contributed by atoms with E-state index in [1.807, 2.05) is 0 Å². The van der Waals surface area contributed by atoms with Crippen molar-refractivity contribution in [3.63, 3.8) is 0 Å². The first kappa shape index (κ1) is 14.3. The molecule has 2 aliphatic heterocycles. The molecule has 18 heavy (non-hydrogen) atoms. The van der Waals surface area contributed by atoms with Crippen LogP contribution in [0.25, 0.3) is 0 Å². The predicted octanol–water partition coefficient (Wildman–Crippen LogP) is 2.27. The summed E-state index contributed by atoms with van der Waals surface area (Å²) in [7, 11) is 0. The molecule has 0 amide bonds. The maximum Gasteiger partial charge on any atom is 0.0471 e. The van der Waals surface area contributed by atoms with Crippen LogP contribution in [0.15, 0.2) is 0 Å². The van der Waals surface area contributed by atoms with Gasteiger partial charge in [0.25, 0.3) is 0 Å². The van der Waals surface area contributed by atoms with Gasteiger partial charge < -0.3 is 15.0 Å². The second kappa shape index (κ2) is 6.36. The molecule has 0 aromatic rings. The number of hydrogen-bond acceptors (Lipinski definition) is 3. The van der Waals surface area contributed by atoms with Crippen LogP contribution in [0.1, 0.15) is 46.5 Å². The number of piperidine rings is 1. The fourth-order valence-electron chi connectivity index (χ4n) is 3.37. The molecule has 2 fully saturated rings. The highest BCUT2D eigenvalue weighted by molar-refractivity contribution is 4.85. The van der Waals surface area contributed by atoms with Crippen molar-refractivity contribution in [2.45, 2.75) is 58.5 Å². The summed E-state index contributed by atoms with van der Waals surface area (Å²) < 4.78 is 5.50. The molecule has 0 radical (unpaired) electrons. The van der Waals surface area contributed by atoms with Crippen LogP contribution in [0.3, 0.4) is 0 Å². The average Bonchev–Trinajstić information content (AvgIpc) is 2.28. The van der Waals surface area contributed by atoms with Gasteiger partial charge in [-0.25, -0.2) is 0 Å². The highest BCUT2D eigenvalue weighted by Crippen LogP contribution is 2.31. The maximum absolute atomic E-state index is 5.50. The molecule has 0 aliphatic carbocycles. The van der Waals surface area contributed by atoms with Crippen molar-refractivity contribution in [3.05, 3.63) is 0 Å². The highest BCUT2D eigenvalue weighted by Gasteiger charge is 2.31. The van der Waals surface area contributed by atoms with E-state index in [1.54, 1.807) is 0 Å². The van der Waals surface area contributed by atoms with E-state index < -0.39 is 0 Å². The Morgan fingerprint density at radius 1 is 1.33 bits per heavy atom. The van der Waals surface area contributed by atoms with E-state index in [-0.39, 0.29) is 0 Å². The standard InChI is InChI=1S/C15H30N2O/c1-13(2)16-14-5-4-8-17(11-14)12-15(3)6-9-18-10-7-15/h13-14,16H,4-12H2,1-3H3. The van der Waals surface area contributed by atoms with E-state index in [4.69, 9.17) is 4.74 Å². The van der Waals surface area contributed by atoms with Crippen molar-refractivity contribution in [2.75, 3.05) is 32.8 Å². The summed E-state index contributed by atoms with van der Waals surface area (Å²) in [5.41, 5.74) is 0.484. The highest BCUT2D eigenvalue weighted by atomic mass is 16.5. The minimum Gasteiger partial charge on any atom is -0.381 e. The SMILES string of the molecule is CC(C)NC1CCCN(CC2(C)CCOCC2)C1. The molecule has 2 aliphatic rings. The largest absolute Gasteiger partial charge is 0.381 e. The lowest BCUT2D eigenvalue weighted by atomic mass is 9.81. The molecule has 1 N–H and O–H groups in total. The molecular weight excluding hydrogens is 224 g/mol. The minimum atomic E-state index is 0.484. The van der Waals surface area contributed by atoms with Crippen LogP contribution in [0.4, 0.5) is 0 Å². The molecule has 106 valence electrons. The molecule has 2 rings (SSSR count). The summed E-state index contributed by atoms with van der Waals surface area (Å²) >= 11 is 0. The number of hydrogen-bond donors (Lipinski definition) is 1. The van der Waals surface area contributed by atoms with Crippen LogP contribution >= 0.6 is 0 Å². The number of rotatable bonds is 4. The Bertz CT molecular complexity index is 249. The first-order valence-electron chi connectivity index (χ1n) is 7.64. The Kier molecular flexibility index (Phi) is 5.05. The smallest absolute Gasteiger partial charge is 0.0471 e. The van der Waals surface area contributed by atoms with E-state index in [1.165, 1.54) is 45.3 Å². The molecule has 1 unspecified atom stereocenters. The molecule has 0 aromatic carbocycles. The third-order valence-corrected chi connectivity index (χ3v) is 4.38. The van der Waals surface area contributed by atoms with E-state index >= 15 is 0 Å². The lowest BCUT2D eigenvalue weighted by molar-refractivity contribution is -0.000202. The Labute approximate surface area is 112 Å². The summed E-state index contributed by atoms with van der Waals surface area (Å²) in [5.74, 6) is 0. The summed E-state index contributed by atoms with van der Waals surface area (Å²) in [6, 6.07) is 1.30. The molecule has 0 aromatic heterocycles. The Morgan fingerprint density at radius 3 is 2.72 bits per heavy atom. The van der Waals surface area contributed by atoms with Gasteiger partial charge in [-0.15, -0.1) is 0 Å². The Morgan fingerprint density at radius 2 is 2.06 bits per heavy atom. The van der Waals surface area contributed by atoms with Gasteiger partial charge in [0.05, 0.1) is 0 Å². The van der Waals surface area contributed by atoms with E-state index in [9.17, 15) is 0 Å². The average molecular weight is 254 g/mol. The second-order valence-electron chi connectivity index (χ2n) is 6.82. The van der Waals surface area contributed by atoms with Crippen LogP contribution in [0.5, 0.6) is 0 Å². The minimum absolute atomic E-state index is 0.484. The van der Waals surface area contributed by atoms with Crippen LogP contribution in [-0.2, 0) is 4.74 Å². The molecule has 2 saturated heterocycles. The molecule has 3 heteroatoms. The molecule has 1 atom stereocenters. The quantitative estimate of drug-likeness (QED) is 0.833. The third kappa shape index (κ3) is 4.22. The van der Waals surface area contributed by atoms with Crippen molar-refractivity contribution in [1.82, 2.24) is 10.2 Å². The lowest BCUT2D eigenvalue weighted by Crippen LogP contribution is -2.50. The van der Waals surface area contributed by atoms with E-state index in [0.717, 1.165) is 13.2 Å². The normalized spacial score (nSPS) is 29.7. The number of nitrogens with one attached hydrogen (secondary N) is 1. The topological polar surface area (TPSA) is 24.5 Å². The van der Waals surface area contributed by atoms with E-state index in [2.05, 4.69) is 31.0 Å². The predicted molar refractivity (Wildman–Crippen MR) is 75.9 cm³/mol. The molecule has 0 saturated carbocycles. The molecule has 2 heterocycles. The zero-order chi connectivity index (χ0) is 13.0. The van der Waals surface area contributed by atoms with Crippen LogP contribution in [0.2, 0.25) is 0 Å². The lowest BCUT2D eigenvalue weighted by Gasteiger charge is -2.42. The van der Waals surface area contributed by atoms with Crippen molar-refractivity contribution in [3.8, 4) is 0 Å². The third-order valence-electron chi connectivity index (χ3n) is 4.38. The van der Waals surface area contributed by atoms with Crippen molar-refractivity contribution in [2.24, 2.45) is 5.41 Å². The first-order valence-corrected chi connectivity index (χ1v) is 7.64. The molecule has 0 spiro atoms. The first-order chi connectivity index (χ1) is 8.57. The number of ether oxygens (including phenoxy) is 1. The van der Waals surface area contributed by atoms with Gasteiger partial charge in [0.2, 0.25) is 0 Å². The van der Waals surface area contributed by atoms with Crippen molar-refractivity contribution >= 4 is 0 Å². The van der Waals surface area contributed by atoms with Gasteiger partial charge in [-0.05, 0) is 37.6 Å². The monoisotopic (exact) mass is 254 g/mol. The van der Waals surface area contributed by atoms with Crippen LogP contribution < -0.4 is 5.32 Å². The van der Waals surface area contributed by atoms with Gasteiger partial charge in [0.15, 0.2) is 0 Å². The van der Waals surface area contributed by atoms with E-state index in [0.29, 0.717) is 17.5 Å². The Hall–Kier alpha value is -0.120. The second-order valence-corrected chi connectivity index (χ2v) is 6.82. The van der Waals surface area contributed by atoms with Crippen LogP contribution in [0, 0.1) is 5.41 Å². The maximum atomic E-state index is 5.50.